The summed E-state index contributed by atoms with van der Waals surface area (Å²) in [7, 11) is 0. The number of carbonyl (C=O) groups is 2. The molecule has 3 N–H and O–H groups in total. The van der Waals surface area contributed by atoms with E-state index in [0.29, 0.717) is 5.56 Å². The van der Waals surface area contributed by atoms with Gasteiger partial charge in [0.1, 0.15) is 10.6 Å². The van der Waals surface area contributed by atoms with Crippen LogP contribution in [0.4, 0.5) is 5.69 Å². The maximum atomic E-state index is 11.8. The Kier molecular flexibility index (Phi) is 3.29. The highest BCUT2D eigenvalue weighted by Crippen LogP contribution is 2.23. The molecule has 0 unspecified atom stereocenters. The molecule has 2 aromatic rings. The van der Waals surface area contributed by atoms with Gasteiger partial charge >= 0.3 is 5.97 Å². The third kappa shape index (κ3) is 2.49. The number of benzene rings is 1. The monoisotopic (exact) mass is 263 g/mol. The van der Waals surface area contributed by atoms with Crippen molar-refractivity contribution in [1.29, 1.82) is 0 Å². The van der Waals surface area contributed by atoms with Gasteiger partial charge in [-0.2, -0.15) is 0 Å². The minimum absolute atomic E-state index is 0.0632. The van der Waals surface area contributed by atoms with Gasteiger partial charge in [0, 0.05) is 5.56 Å². The van der Waals surface area contributed by atoms with Crippen molar-refractivity contribution in [3.8, 4) is 5.75 Å². The van der Waals surface area contributed by atoms with E-state index >= 15 is 0 Å². The molecule has 2 rings (SSSR count). The summed E-state index contributed by atoms with van der Waals surface area (Å²) in [6, 6.07) is 7.22. The Labute approximate surface area is 106 Å². The molecule has 0 bridgehead atoms. The van der Waals surface area contributed by atoms with E-state index in [2.05, 4.69) is 5.32 Å². The zero-order valence-electron chi connectivity index (χ0n) is 9.08. The number of aromatic hydroxyl groups is 1. The Balaban J connectivity index is 2.19. The number of nitrogens with one attached hydrogen (secondary N) is 1. The largest absolute Gasteiger partial charge is 0.508 e. The van der Waals surface area contributed by atoms with Crippen molar-refractivity contribution in [2.45, 2.75) is 0 Å². The molecule has 1 aromatic carbocycles. The van der Waals surface area contributed by atoms with Crippen LogP contribution in [0, 0.1) is 0 Å². The van der Waals surface area contributed by atoms with Gasteiger partial charge in [-0.15, -0.1) is 11.3 Å². The average Bonchev–Trinajstić information content (AvgIpc) is 2.78. The van der Waals surface area contributed by atoms with Crippen LogP contribution in [0.15, 0.2) is 35.7 Å². The second kappa shape index (κ2) is 4.89. The lowest BCUT2D eigenvalue weighted by Crippen LogP contribution is -2.13. The summed E-state index contributed by atoms with van der Waals surface area (Å²) in [4.78, 5) is 22.8. The number of hydrogen-bond acceptors (Lipinski definition) is 4. The average molecular weight is 263 g/mol. The van der Waals surface area contributed by atoms with Gasteiger partial charge in [0.25, 0.3) is 5.91 Å². The fraction of sp³-hybridized carbons (Fsp3) is 0. The number of anilines is 1. The maximum Gasteiger partial charge on any atom is 0.348 e. The summed E-state index contributed by atoms with van der Waals surface area (Å²) in [5, 5.41) is 22.1. The van der Waals surface area contributed by atoms with Crippen molar-refractivity contribution in [3.63, 3.8) is 0 Å². The number of carbonyl (C=O) groups excluding carboxylic acids is 1. The number of aromatic carboxylic acids is 1. The molecule has 92 valence electrons. The maximum absolute atomic E-state index is 11.8. The van der Waals surface area contributed by atoms with E-state index in [0.717, 1.165) is 11.3 Å². The van der Waals surface area contributed by atoms with Crippen LogP contribution in [0.5, 0.6) is 5.75 Å². The number of phenols is 1. The molecule has 0 spiro atoms. The summed E-state index contributed by atoms with van der Waals surface area (Å²) in [6.07, 6.45) is 0. The summed E-state index contributed by atoms with van der Waals surface area (Å²) < 4.78 is 0. The van der Waals surface area contributed by atoms with Gasteiger partial charge in [-0.1, -0.05) is 0 Å². The van der Waals surface area contributed by atoms with E-state index in [1.807, 2.05) is 0 Å². The SMILES string of the molecule is O=C(Nc1ccsc1C(=O)O)c1ccc(O)cc1. The van der Waals surface area contributed by atoms with E-state index < -0.39 is 11.9 Å². The molecule has 0 aliphatic carbocycles. The Morgan fingerprint density at radius 3 is 2.39 bits per heavy atom. The van der Waals surface area contributed by atoms with Crippen LogP contribution < -0.4 is 5.32 Å². The lowest BCUT2D eigenvalue weighted by Gasteiger charge is -2.04. The van der Waals surface area contributed by atoms with Gasteiger partial charge in [-0.3, -0.25) is 4.79 Å². The lowest BCUT2D eigenvalue weighted by molar-refractivity contribution is 0.0703. The number of carboxylic acids is 1. The second-order valence-corrected chi connectivity index (χ2v) is 4.39. The van der Waals surface area contributed by atoms with E-state index in [4.69, 9.17) is 10.2 Å². The summed E-state index contributed by atoms with van der Waals surface area (Å²) >= 11 is 1.04. The predicted molar refractivity (Wildman–Crippen MR) is 67.3 cm³/mol. The van der Waals surface area contributed by atoms with Gasteiger partial charge in [0.05, 0.1) is 5.69 Å². The number of rotatable bonds is 3. The molecule has 0 saturated heterocycles. The van der Waals surface area contributed by atoms with Gasteiger partial charge in [-0.25, -0.2) is 4.79 Å². The number of amides is 1. The lowest BCUT2D eigenvalue weighted by atomic mass is 10.2. The first-order valence-corrected chi connectivity index (χ1v) is 5.87. The number of carboxylic acid groups (broad SMARTS) is 1. The Morgan fingerprint density at radius 2 is 1.78 bits per heavy atom. The highest BCUT2D eigenvalue weighted by Gasteiger charge is 2.14. The molecule has 1 aromatic heterocycles. The molecular formula is C12H9NO4S. The van der Waals surface area contributed by atoms with E-state index in [1.54, 1.807) is 5.38 Å². The van der Waals surface area contributed by atoms with Crippen LogP contribution in [-0.4, -0.2) is 22.1 Å². The fourth-order valence-electron chi connectivity index (χ4n) is 1.38. The fourth-order valence-corrected chi connectivity index (χ4v) is 2.07. The number of thiophene rings is 1. The Morgan fingerprint density at radius 1 is 1.11 bits per heavy atom. The van der Waals surface area contributed by atoms with Crippen LogP contribution in [0.2, 0.25) is 0 Å². The minimum atomic E-state index is -1.08. The molecule has 0 saturated carbocycles. The summed E-state index contributed by atoms with van der Waals surface area (Å²) in [5.41, 5.74) is 0.612. The van der Waals surface area contributed by atoms with Gasteiger partial charge < -0.3 is 15.5 Å². The van der Waals surface area contributed by atoms with Crippen molar-refractivity contribution < 1.29 is 19.8 Å². The highest BCUT2D eigenvalue weighted by molar-refractivity contribution is 7.12. The minimum Gasteiger partial charge on any atom is -0.508 e. The third-order valence-electron chi connectivity index (χ3n) is 2.24. The highest BCUT2D eigenvalue weighted by atomic mass is 32.1. The zero-order valence-corrected chi connectivity index (χ0v) is 9.90. The van der Waals surface area contributed by atoms with E-state index in [9.17, 15) is 9.59 Å². The van der Waals surface area contributed by atoms with Crippen molar-refractivity contribution in [3.05, 3.63) is 46.2 Å². The van der Waals surface area contributed by atoms with Gasteiger partial charge in [-0.05, 0) is 35.7 Å². The first-order valence-electron chi connectivity index (χ1n) is 4.99. The topological polar surface area (TPSA) is 86.6 Å². The zero-order chi connectivity index (χ0) is 13.1. The molecule has 0 aliphatic heterocycles. The smallest absolute Gasteiger partial charge is 0.348 e. The molecule has 0 fully saturated rings. The van der Waals surface area contributed by atoms with Crippen LogP contribution in [-0.2, 0) is 0 Å². The van der Waals surface area contributed by atoms with Gasteiger partial charge in [0.2, 0.25) is 0 Å². The molecule has 1 heterocycles. The molecule has 0 aliphatic rings. The van der Waals surface area contributed by atoms with Crippen LogP contribution in [0.1, 0.15) is 20.0 Å². The third-order valence-corrected chi connectivity index (χ3v) is 3.14. The molecule has 18 heavy (non-hydrogen) atoms. The molecule has 5 nitrogen and oxygen atoms in total. The molecule has 1 amide bonds. The van der Waals surface area contributed by atoms with Crippen LogP contribution >= 0.6 is 11.3 Å². The van der Waals surface area contributed by atoms with Crippen molar-refractivity contribution in [2.24, 2.45) is 0 Å². The second-order valence-electron chi connectivity index (χ2n) is 3.47. The van der Waals surface area contributed by atoms with Crippen LogP contribution in [0.25, 0.3) is 0 Å². The Hall–Kier alpha value is -2.34. The normalized spacial score (nSPS) is 10.0. The van der Waals surface area contributed by atoms with Gasteiger partial charge in [0.15, 0.2) is 0 Å². The quantitative estimate of drug-likeness (QED) is 0.793. The molecule has 0 atom stereocenters. The first kappa shape index (κ1) is 12.1. The Bertz CT molecular complexity index is 588. The van der Waals surface area contributed by atoms with Crippen molar-refractivity contribution >= 4 is 28.9 Å². The summed E-state index contributed by atoms with van der Waals surface area (Å²) in [5.74, 6) is -1.43. The summed E-state index contributed by atoms with van der Waals surface area (Å²) in [6.45, 7) is 0. The molecule has 6 heteroatoms. The van der Waals surface area contributed by atoms with Crippen molar-refractivity contribution in [2.75, 3.05) is 5.32 Å². The van der Waals surface area contributed by atoms with Crippen molar-refractivity contribution in [1.82, 2.24) is 0 Å². The van der Waals surface area contributed by atoms with Crippen LogP contribution in [0.3, 0.4) is 0 Å². The molecular weight excluding hydrogens is 254 g/mol. The standard InChI is InChI=1S/C12H9NO4S/c14-8-3-1-7(2-4-8)11(15)13-9-5-6-18-10(9)12(16)17/h1-6,14H,(H,13,15)(H,16,17). The van der Waals surface area contributed by atoms with E-state index in [1.165, 1.54) is 30.3 Å². The predicted octanol–water partition coefficient (Wildman–Crippen LogP) is 2.40. The molecule has 0 radical (unpaired) electrons. The number of phenolic OH excluding ortho intramolecular Hbond substituents is 1. The van der Waals surface area contributed by atoms with E-state index in [-0.39, 0.29) is 16.3 Å². The number of hydrogen-bond donors (Lipinski definition) is 3. The first-order chi connectivity index (χ1) is 8.58.